The zero-order valence-electron chi connectivity index (χ0n) is 12.6. The van der Waals surface area contributed by atoms with Crippen molar-refractivity contribution in [1.29, 1.82) is 0 Å². The van der Waals surface area contributed by atoms with E-state index in [1.165, 1.54) is 24.8 Å². The maximum absolute atomic E-state index is 10.5. The second-order valence-electron chi connectivity index (χ2n) is 7.31. The van der Waals surface area contributed by atoms with Crippen molar-refractivity contribution in [1.82, 2.24) is 0 Å². The summed E-state index contributed by atoms with van der Waals surface area (Å²) in [5, 5.41) is 10.5. The summed E-state index contributed by atoms with van der Waals surface area (Å²) < 4.78 is 6.62. The molecule has 1 unspecified atom stereocenters. The molecule has 3 aliphatic rings. The SMILES string of the molecule is CCC[C@@H](O)C1=CCCC2CC[C@@H]3C[C@]12OC3(C)C. The Kier molecular flexibility index (Phi) is 3.30. The maximum Gasteiger partial charge on any atom is 0.0955 e. The van der Waals surface area contributed by atoms with E-state index in [1.54, 1.807) is 0 Å². The van der Waals surface area contributed by atoms with Crippen LogP contribution in [0.25, 0.3) is 0 Å². The van der Waals surface area contributed by atoms with Crippen LogP contribution < -0.4 is 0 Å². The number of allylic oxidation sites excluding steroid dienone is 1. The van der Waals surface area contributed by atoms with Crippen LogP contribution in [0, 0.1) is 11.8 Å². The molecule has 1 N–H and O–H groups in total. The summed E-state index contributed by atoms with van der Waals surface area (Å²) in [6.45, 7) is 6.63. The van der Waals surface area contributed by atoms with Crippen molar-refractivity contribution in [2.45, 2.75) is 83.0 Å². The molecule has 2 heteroatoms. The first-order valence-corrected chi connectivity index (χ1v) is 8.08. The van der Waals surface area contributed by atoms with Crippen LogP contribution >= 0.6 is 0 Å². The van der Waals surface area contributed by atoms with Crippen molar-refractivity contribution < 1.29 is 9.84 Å². The van der Waals surface area contributed by atoms with Crippen LogP contribution in [0.1, 0.15) is 65.7 Å². The molecule has 4 atom stereocenters. The number of aliphatic hydroxyl groups excluding tert-OH is 1. The first kappa shape index (κ1) is 13.6. The Morgan fingerprint density at radius 1 is 1.32 bits per heavy atom. The van der Waals surface area contributed by atoms with Gasteiger partial charge >= 0.3 is 0 Å². The first-order valence-electron chi connectivity index (χ1n) is 8.08. The summed E-state index contributed by atoms with van der Waals surface area (Å²) in [6, 6.07) is 0. The van der Waals surface area contributed by atoms with Crippen molar-refractivity contribution in [2.24, 2.45) is 11.8 Å². The minimum atomic E-state index is -0.291. The molecule has 2 aliphatic carbocycles. The molecule has 108 valence electrons. The maximum atomic E-state index is 10.5. The number of ether oxygens (including phenoxy) is 1. The van der Waals surface area contributed by atoms with Gasteiger partial charge in [0.25, 0.3) is 0 Å². The molecule has 0 amide bonds. The topological polar surface area (TPSA) is 29.5 Å². The van der Waals surface area contributed by atoms with Gasteiger partial charge in [0.1, 0.15) is 0 Å². The number of hydrogen-bond donors (Lipinski definition) is 1. The van der Waals surface area contributed by atoms with Gasteiger partial charge in [-0.05, 0) is 69.8 Å². The summed E-state index contributed by atoms with van der Waals surface area (Å²) in [7, 11) is 0. The van der Waals surface area contributed by atoms with Gasteiger partial charge < -0.3 is 9.84 Å². The molecule has 0 aromatic carbocycles. The molecule has 1 spiro atoms. The zero-order valence-corrected chi connectivity index (χ0v) is 12.6. The fourth-order valence-corrected chi connectivity index (χ4v) is 4.79. The van der Waals surface area contributed by atoms with Gasteiger partial charge in [0.15, 0.2) is 0 Å². The van der Waals surface area contributed by atoms with Crippen LogP contribution in [0.15, 0.2) is 11.6 Å². The van der Waals surface area contributed by atoms with Gasteiger partial charge in [-0.15, -0.1) is 0 Å². The predicted octanol–water partition coefficient (Wildman–Crippen LogP) is 3.83. The average molecular weight is 264 g/mol. The van der Waals surface area contributed by atoms with E-state index in [0.717, 1.165) is 25.7 Å². The van der Waals surface area contributed by atoms with Gasteiger partial charge in [-0.25, -0.2) is 0 Å². The van der Waals surface area contributed by atoms with Gasteiger partial charge in [-0.2, -0.15) is 0 Å². The van der Waals surface area contributed by atoms with Crippen LogP contribution in [0.5, 0.6) is 0 Å². The smallest absolute Gasteiger partial charge is 0.0955 e. The van der Waals surface area contributed by atoms with Gasteiger partial charge in [0.05, 0.1) is 17.3 Å². The Morgan fingerprint density at radius 2 is 2.05 bits per heavy atom. The Labute approximate surface area is 117 Å². The molecule has 0 aromatic heterocycles. The molecular weight excluding hydrogens is 236 g/mol. The second-order valence-corrected chi connectivity index (χ2v) is 7.31. The van der Waals surface area contributed by atoms with E-state index in [-0.39, 0.29) is 17.3 Å². The highest BCUT2D eigenvalue weighted by atomic mass is 16.5. The van der Waals surface area contributed by atoms with E-state index in [4.69, 9.17) is 4.74 Å². The number of aliphatic hydroxyl groups is 1. The Morgan fingerprint density at radius 3 is 2.79 bits per heavy atom. The Balaban J connectivity index is 1.95. The molecule has 1 saturated carbocycles. The van der Waals surface area contributed by atoms with Crippen molar-refractivity contribution in [3.8, 4) is 0 Å². The molecule has 1 aliphatic heterocycles. The lowest BCUT2D eigenvalue weighted by atomic mass is 9.63. The summed E-state index contributed by atoms with van der Waals surface area (Å²) in [6.07, 6.45) is 9.99. The average Bonchev–Trinajstić information content (AvgIpc) is 2.55. The third kappa shape index (κ3) is 1.99. The molecule has 2 bridgehead atoms. The summed E-state index contributed by atoms with van der Waals surface area (Å²) in [5.74, 6) is 1.30. The van der Waals surface area contributed by atoms with Crippen LogP contribution in [0.3, 0.4) is 0 Å². The second kappa shape index (κ2) is 4.60. The third-order valence-electron chi connectivity index (χ3n) is 5.79. The highest BCUT2D eigenvalue weighted by Crippen LogP contribution is 2.59. The van der Waals surface area contributed by atoms with Gasteiger partial charge in [-0.3, -0.25) is 0 Å². The largest absolute Gasteiger partial charge is 0.389 e. The Hall–Kier alpha value is -0.340. The minimum Gasteiger partial charge on any atom is -0.389 e. The molecule has 1 saturated heterocycles. The Bertz CT molecular complexity index is 385. The highest BCUT2D eigenvalue weighted by molar-refractivity contribution is 5.30. The van der Waals surface area contributed by atoms with E-state index >= 15 is 0 Å². The van der Waals surface area contributed by atoms with Crippen LogP contribution in [-0.2, 0) is 4.74 Å². The van der Waals surface area contributed by atoms with Crippen molar-refractivity contribution in [3.63, 3.8) is 0 Å². The lowest BCUT2D eigenvalue weighted by Crippen LogP contribution is -2.47. The lowest BCUT2D eigenvalue weighted by Gasteiger charge is -2.45. The monoisotopic (exact) mass is 264 g/mol. The summed E-state index contributed by atoms with van der Waals surface area (Å²) in [4.78, 5) is 0. The van der Waals surface area contributed by atoms with E-state index in [9.17, 15) is 5.11 Å². The molecule has 19 heavy (non-hydrogen) atoms. The van der Waals surface area contributed by atoms with Crippen LogP contribution in [-0.4, -0.2) is 22.4 Å². The highest BCUT2D eigenvalue weighted by Gasteiger charge is 2.60. The van der Waals surface area contributed by atoms with Crippen molar-refractivity contribution >= 4 is 0 Å². The van der Waals surface area contributed by atoms with Crippen molar-refractivity contribution in [2.75, 3.05) is 0 Å². The van der Waals surface area contributed by atoms with Crippen LogP contribution in [0.4, 0.5) is 0 Å². The predicted molar refractivity (Wildman–Crippen MR) is 77.0 cm³/mol. The van der Waals surface area contributed by atoms with Crippen LogP contribution in [0.2, 0.25) is 0 Å². The molecule has 0 radical (unpaired) electrons. The van der Waals surface area contributed by atoms with Gasteiger partial charge in [-0.1, -0.05) is 19.4 Å². The standard InChI is InChI=1S/C17H28O2/c1-4-6-15(18)14-8-5-7-12-9-10-13-11-17(12,14)19-16(13,2)3/h8,12-13,15,18H,4-7,9-11H2,1-3H3/t12?,13-,15-,17-/m1/s1. The fraction of sp³-hybridized carbons (Fsp3) is 0.882. The molecule has 0 aromatic rings. The van der Waals surface area contributed by atoms with E-state index < -0.39 is 0 Å². The summed E-state index contributed by atoms with van der Waals surface area (Å²) in [5.41, 5.74) is 1.08. The van der Waals surface area contributed by atoms with E-state index in [1.807, 2.05) is 0 Å². The zero-order chi connectivity index (χ0) is 13.7. The number of hydrogen-bond acceptors (Lipinski definition) is 2. The molecule has 2 fully saturated rings. The number of fused-ring (bicyclic) bond motifs is 1. The molecule has 1 heterocycles. The fourth-order valence-electron chi connectivity index (χ4n) is 4.79. The lowest BCUT2D eigenvalue weighted by molar-refractivity contribution is -0.105. The molecular formula is C17H28O2. The first-order chi connectivity index (χ1) is 8.99. The van der Waals surface area contributed by atoms with E-state index in [0.29, 0.717) is 11.8 Å². The summed E-state index contributed by atoms with van der Waals surface area (Å²) >= 11 is 0. The minimum absolute atomic E-state index is 0.0168. The number of rotatable bonds is 3. The van der Waals surface area contributed by atoms with Crippen molar-refractivity contribution in [3.05, 3.63) is 11.6 Å². The van der Waals surface area contributed by atoms with Gasteiger partial charge in [0.2, 0.25) is 0 Å². The van der Waals surface area contributed by atoms with Gasteiger partial charge in [0, 0.05) is 0 Å². The van der Waals surface area contributed by atoms with E-state index in [2.05, 4.69) is 26.8 Å². The third-order valence-corrected chi connectivity index (χ3v) is 5.79. The quantitative estimate of drug-likeness (QED) is 0.785. The normalized spacial score (nSPS) is 41.6. The molecule has 3 rings (SSSR count). The molecule has 2 nitrogen and oxygen atoms in total.